The number of nitrogens with one attached hydrogen (secondary N) is 1. The minimum absolute atomic E-state index is 0.0732. The molecule has 21 heavy (non-hydrogen) atoms. The van der Waals surface area contributed by atoms with Crippen LogP contribution in [0.15, 0.2) is 47.4 Å². The van der Waals surface area contributed by atoms with Crippen molar-refractivity contribution < 1.29 is 13.2 Å². The molecule has 0 aliphatic rings. The van der Waals surface area contributed by atoms with Crippen LogP contribution < -0.4 is 15.2 Å². The Balaban J connectivity index is 2.36. The number of aryl methyl sites for hydroxylation is 1. The molecule has 0 spiro atoms. The summed E-state index contributed by atoms with van der Waals surface area (Å²) < 4.78 is 28.6. The Kier molecular flexibility index (Phi) is 4.62. The van der Waals surface area contributed by atoms with Crippen LogP contribution in [-0.4, -0.2) is 15.5 Å². The van der Waals surface area contributed by atoms with E-state index in [4.69, 9.17) is 9.88 Å². The van der Waals surface area contributed by atoms with E-state index in [1.165, 1.54) is 12.1 Å². The van der Waals surface area contributed by atoms with Crippen LogP contribution in [0, 0.1) is 6.92 Å². The largest absolute Gasteiger partial charge is 0.457 e. The maximum Gasteiger partial charge on any atom is 0.238 e. The molecule has 6 heteroatoms. The van der Waals surface area contributed by atoms with Gasteiger partial charge < -0.3 is 10.1 Å². The van der Waals surface area contributed by atoms with Crippen LogP contribution in [0.1, 0.15) is 11.1 Å². The van der Waals surface area contributed by atoms with Crippen LogP contribution in [0.3, 0.4) is 0 Å². The molecule has 0 saturated carbocycles. The van der Waals surface area contributed by atoms with Crippen LogP contribution in [0.5, 0.6) is 11.5 Å². The molecule has 2 aromatic rings. The Morgan fingerprint density at radius 3 is 2.38 bits per heavy atom. The Bertz CT molecular complexity index is 725. The highest BCUT2D eigenvalue weighted by Crippen LogP contribution is 2.27. The van der Waals surface area contributed by atoms with Gasteiger partial charge in [0.05, 0.1) is 4.90 Å². The average molecular weight is 306 g/mol. The minimum Gasteiger partial charge on any atom is -0.457 e. The SMILES string of the molecule is CNCc1cc(S(N)(=O)=O)ccc1Oc1ccc(C)cc1. The van der Waals surface area contributed by atoms with Gasteiger partial charge >= 0.3 is 0 Å². The molecule has 0 bridgehead atoms. The third-order valence-electron chi connectivity index (χ3n) is 2.98. The van der Waals surface area contributed by atoms with Gasteiger partial charge in [0.15, 0.2) is 0 Å². The van der Waals surface area contributed by atoms with Crippen LogP contribution in [0.2, 0.25) is 0 Å². The van der Waals surface area contributed by atoms with E-state index in [1.807, 2.05) is 31.2 Å². The fourth-order valence-corrected chi connectivity index (χ4v) is 2.46. The van der Waals surface area contributed by atoms with Gasteiger partial charge in [0.2, 0.25) is 10.0 Å². The van der Waals surface area contributed by atoms with Gasteiger partial charge in [-0.2, -0.15) is 0 Å². The molecule has 0 saturated heterocycles. The van der Waals surface area contributed by atoms with Crippen LogP contribution >= 0.6 is 0 Å². The van der Waals surface area contributed by atoms with E-state index in [2.05, 4.69) is 5.32 Å². The van der Waals surface area contributed by atoms with Crippen molar-refractivity contribution in [1.82, 2.24) is 5.32 Å². The first-order valence-corrected chi connectivity index (χ1v) is 7.99. The number of rotatable bonds is 5. The number of hydrogen-bond acceptors (Lipinski definition) is 4. The number of primary sulfonamides is 1. The second-order valence-electron chi connectivity index (χ2n) is 4.76. The quantitative estimate of drug-likeness (QED) is 0.887. The lowest BCUT2D eigenvalue weighted by Gasteiger charge is -2.12. The standard InChI is InChI=1S/C15H18N2O3S/c1-11-3-5-13(6-4-11)20-15-8-7-14(21(16,18)19)9-12(15)10-17-2/h3-9,17H,10H2,1-2H3,(H2,16,18,19). The van der Waals surface area contributed by atoms with Crippen molar-refractivity contribution in [2.24, 2.45) is 5.14 Å². The number of benzene rings is 2. The second-order valence-corrected chi connectivity index (χ2v) is 6.32. The van der Waals surface area contributed by atoms with Crippen molar-refractivity contribution in [2.75, 3.05) is 7.05 Å². The zero-order valence-corrected chi connectivity index (χ0v) is 12.8. The molecule has 0 fully saturated rings. The minimum atomic E-state index is -3.72. The summed E-state index contributed by atoms with van der Waals surface area (Å²) in [5.41, 5.74) is 1.87. The molecule has 0 heterocycles. The maximum atomic E-state index is 11.4. The number of ether oxygens (including phenoxy) is 1. The monoisotopic (exact) mass is 306 g/mol. The van der Waals surface area contributed by atoms with E-state index in [0.29, 0.717) is 18.0 Å². The molecule has 3 N–H and O–H groups in total. The Morgan fingerprint density at radius 1 is 1.14 bits per heavy atom. The van der Waals surface area contributed by atoms with Crippen molar-refractivity contribution >= 4 is 10.0 Å². The van der Waals surface area contributed by atoms with E-state index in [0.717, 1.165) is 11.1 Å². The van der Waals surface area contributed by atoms with Crippen LogP contribution in [0.4, 0.5) is 0 Å². The highest BCUT2D eigenvalue weighted by molar-refractivity contribution is 7.89. The summed E-state index contributed by atoms with van der Waals surface area (Å²) in [6.07, 6.45) is 0. The molecule has 0 amide bonds. The summed E-state index contributed by atoms with van der Waals surface area (Å²) >= 11 is 0. The van der Waals surface area contributed by atoms with Gasteiger partial charge in [-0.25, -0.2) is 13.6 Å². The van der Waals surface area contributed by atoms with Crippen molar-refractivity contribution in [3.8, 4) is 11.5 Å². The number of sulfonamides is 1. The smallest absolute Gasteiger partial charge is 0.238 e. The summed E-state index contributed by atoms with van der Waals surface area (Å²) in [6.45, 7) is 2.47. The van der Waals surface area contributed by atoms with Crippen molar-refractivity contribution in [1.29, 1.82) is 0 Å². The van der Waals surface area contributed by atoms with Crippen LogP contribution in [0.25, 0.3) is 0 Å². The molecule has 0 aliphatic carbocycles. The molecule has 2 rings (SSSR count). The number of hydrogen-bond donors (Lipinski definition) is 2. The van der Waals surface area contributed by atoms with E-state index >= 15 is 0 Å². The Hall–Kier alpha value is -1.89. The molecule has 0 aliphatic heterocycles. The first-order chi connectivity index (χ1) is 9.90. The van der Waals surface area contributed by atoms with E-state index in [9.17, 15) is 8.42 Å². The second kappa shape index (κ2) is 6.26. The van der Waals surface area contributed by atoms with Crippen molar-refractivity contribution in [3.05, 3.63) is 53.6 Å². The van der Waals surface area contributed by atoms with Gasteiger partial charge in [-0.3, -0.25) is 0 Å². The summed E-state index contributed by atoms with van der Waals surface area (Å²) in [7, 11) is -1.95. The van der Waals surface area contributed by atoms with Crippen molar-refractivity contribution in [3.63, 3.8) is 0 Å². The Labute approximate surface area is 124 Å². The highest BCUT2D eigenvalue weighted by Gasteiger charge is 2.12. The lowest BCUT2D eigenvalue weighted by atomic mass is 10.2. The van der Waals surface area contributed by atoms with Gasteiger partial charge in [-0.15, -0.1) is 0 Å². The Morgan fingerprint density at radius 2 is 1.81 bits per heavy atom. The summed E-state index contributed by atoms with van der Waals surface area (Å²) in [4.78, 5) is 0.0732. The zero-order chi connectivity index (χ0) is 15.5. The molecule has 2 aromatic carbocycles. The summed E-state index contributed by atoms with van der Waals surface area (Å²) in [6, 6.07) is 12.2. The molecule has 0 radical (unpaired) electrons. The predicted molar refractivity (Wildman–Crippen MR) is 81.8 cm³/mol. The van der Waals surface area contributed by atoms with Gasteiger partial charge in [0.25, 0.3) is 0 Å². The molecular weight excluding hydrogens is 288 g/mol. The molecular formula is C15H18N2O3S. The summed E-state index contributed by atoms with van der Waals surface area (Å²) in [5, 5.41) is 8.13. The molecule has 0 aromatic heterocycles. The first-order valence-electron chi connectivity index (χ1n) is 6.45. The molecule has 5 nitrogen and oxygen atoms in total. The maximum absolute atomic E-state index is 11.4. The van der Waals surface area contributed by atoms with Gasteiger partial charge in [0.1, 0.15) is 11.5 Å². The normalized spacial score (nSPS) is 11.4. The third kappa shape index (κ3) is 4.04. The third-order valence-corrected chi connectivity index (χ3v) is 3.89. The van der Waals surface area contributed by atoms with Gasteiger partial charge in [-0.1, -0.05) is 17.7 Å². The lowest BCUT2D eigenvalue weighted by Crippen LogP contribution is -2.14. The first kappa shape index (κ1) is 15.5. The average Bonchev–Trinajstić information content (AvgIpc) is 2.42. The van der Waals surface area contributed by atoms with E-state index in [1.54, 1.807) is 13.1 Å². The fraction of sp³-hybridized carbons (Fsp3) is 0.200. The van der Waals surface area contributed by atoms with E-state index < -0.39 is 10.0 Å². The molecule has 0 unspecified atom stereocenters. The number of nitrogens with two attached hydrogens (primary N) is 1. The fourth-order valence-electron chi connectivity index (χ4n) is 1.89. The predicted octanol–water partition coefficient (Wildman–Crippen LogP) is 2.15. The summed E-state index contributed by atoms with van der Waals surface area (Å²) in [5.74, 6) is 1.29. The highest BCUT2D eigenvalue weighted by atomic mass is 32.2. The van der Waals surface area contributed by atoms with Crippen molar-refractivity contribution in [2.45, 2.75) is 18.4 Å². The molecule has 112 valence electrons. The van der Waals surface area contributed by atoms with E-state index in [-0.39, 0.29) is 4.90 Å². The van der Waals surface area contributed by atoms with Gasteiger partial charge in [0, 0.05) is 12.1 Å². The lowest BCUT2D eigenvalue weighted by molar-refractivity contribution is 0.473. The zero-order valence-electron chi connectivity index (χ0n) is 12.0. The topological polar surface area (TPSA) is 81.4 Å². The van der Waals surface area contributed by atoms with Gasteiger partial charge in [-0.05, 0) is 44.3 Å². The van der Waals surface area contributed by atoms with Crippen LogP contribution in [-0.2, 0) is 16.6 Å². The molecule has 0 atom stereocenters.